The molecule has 0 saturated heterocycles. The van der Waals surface area contributed by atoms with E-state index in [0.29, 0.717) is 16.6 Å². The Morgan fingerprint density at radius 1 is 1.17 bits per heavy atom. The van der Waals surface area contributed by atoms with Gasteiger partial charge in [0.15, 0.2) is 10.9 Å². The molecule has 4 rings (SSSR count). The highest BCUT2D eigenvalue weighted by molar-refractivity contribution is 7.14. The van der Waals surface area contributed by atoms with E-state index >= 15 is 0 Å². The van der Waals surface area contributed by atoms with Crippen LogP contribution >= 0.6 is 11.3 Å². The maximum atomic E-state index is 12.3. The van der Waals surface area contributed by atoms with Crippen LogP contribution in [0.5, 0.6) is 0 Å². The Morgan fingerprint density at radius 2 is 2.00 bits per heavy atom. The summed E-state index contributed by atoms with van der Waals surface area (Å²) in [7, 11) is 0. The van der Waals surface area contributed by atoms with Crippen molar-refractivity contribution in [3.63, 3.8) is 0 Å². The zero-order valence-corrected chi connectivity index (χ0v) is 12.8. The fourth-order valence-corrected chi connectivity index (χ4v) is 3.04. The fourth-order valence-electron chi connectivity index (χ4n) is 2.35. The highest BCUT2D eigenvalue weighted by Crippen LogP contribution is 2.25. The van der Waals surface area contributed by atoms with E-state index < -0.39 is 17.7 Å². The van der Waals surface area contributed by atoms with Crippen molar-refractivity contribution in [1.82, 2.24) is 10.3 Å². The number of amides is 3. The molecule has 7 nitrogen and oxygen atoms in total. The first-order valence-corrected chi connectivity index (χ1v) is 7.80. The quantitative estimate of drug-likeness (QED) is 0.714. The number of hydrogen-bond donors (Lipinski definition) is 2. The summed E-state index contributed by atoms with van der Waals surface area (Å²) in [6.45, 7) is 0. The minimum atomic E-state index is -0.501. The van der Waals surface area contributed by atoms with Crippen molar-refractivity contribution in [2.24, 2.45) is 0 Å². The lowest BCUT2D eigenvalue weighted by molar-refractivity contribution is 0.0879. The van der Waals surface area contributed by atoms with Gasteiger partial charge in [-0.1, -0.05) is 0 Å². The molecule has 0 aliphatic carbocycles. The zero-order valence-electron chi connectivity index (χ0n) is 12.0. The number of carbonyl (C=O) groups is 3. The summed E-state index contributed by atoms with van der Waals surface area (Å²) in [5, 5.41) is 7.03. The van der Waals surface area contributed by atoms with Crippen molar-refractivity contribution >= 4 is 34.2 Å². The van der Waals surface area contributed by atoms with Crippen LogP contribution in [0, 0.1) is 0 Å². The molecular weight excluding hydrogens is 330 g/mol. The molecule has 0 fully saturated rings. The first-order chi connectivity index (χ1) is 11.6. The largest absolute Gasteiger partial charge is 0.463 e. The predicted octanol–water partition coefficient (Wildman–Crippen LogP) is 2.54. The predicted molar refractivity (Wildman–Crippen MR) is 86.0 cm³/mol. The van der Waals surface area contributed by atoms with E-state index in [1.807, 2.05) is 0 Å². The molecule has 1 aliphatic rings. The van der Waals surface area contributed by atoms with Gasteiger partial charge < -0.3 is 4.42 Å². The van der Waals surface area contributed by atoms with Gasteiger partial charge in [-0.15, -0.1) is 11.3 Å². The number of imide groups is 1. The number of aromatic nitrogens is 1. The number of anilines is 1. The lowest BCUT2D eigenvalue weighted by atomic mass is 10.1. The number of hydrogen-bond acceptors (Lipinski definition) is 6. The second-order valence-electron chi connectivity index (χ2n) is 5.01. The van der Waals surface area contributed by atoms with Crippen LogP contribution in [-0.2, 0) is 0 Å². The topological polar surface area (TPSA) is 101 Å². The van der Waals surface area contributed by atoms with Crippen molar-refractivity contribution in [3.8, 4) is 11.5 Å². The number of rotatable bonds is 3. The zero-order chi connectivity index (χ0) is 16.7. The molecule has 0 spiro atoms. The third kappa shape index (κ3) is 2.38. The Morgan fingerprint density at radius 3 is 2.79 bits per heavy atom. The third-order valence-electron chi connectivity index (χ3n) is 3.50. The summed E-state index contributed by atoms with van der Waals surface area (Å²) in [6, 6.07) is 7.88. The number of nitrogens with one attached hydrogen (secondary N) is 2. The summed E-state index contributed by atoms with van der Waals surface area (Å²) >= 11 is 1.26. The summed E-state index contributed by atoms with van der Waals surface area (Å²) in [6.07, 6.45) is 1.55. The van der Waals surface area contributed by atoms with E-state index in [4.69, 9.17) is 4.42 Å². The molecule has 0 bridgehead atoms. The minimum absolute atomic E-state index is 0.197. The van der Waals surface area contributed by atoms with E-state index in [9.17, 15) is 14.4 Å². The van der Waals surface area contributed by atoms with Gasteiger partial charge >= 0.3 is 0 Å². The van der Waals surface area contributed by atoms with Gasteiger partial charge in [-0.05, 0) is 30.3 Å². The van der Waals surface area contributed by atoms with Crippen LogP contribution in [-0.4, -0.2) is 22.7 Å². The second-order valence-corrected chi connectivity index (χ2v) is 5.87. The van der Waals surface area contributed by atoms with Gasteiger partial charge in [0.2, 0.25) is 0 Å². The number of furan rings is 1. The lowest BCUT2D eigenvalue weighted by Crippen LogP contribution is -2.19. The highest BCUT2D eigenvalue weighted by Gasteiger charge is 2.27. The van der Waals surface area contributed by atoms with Gasteiger partial charge in [0, 0.05) is 10.9 Å². The lowest BCUT2D eigenvalue weighted by Gasteiger charge is -2.03. The maximum absolute atomic E-state index is 12.3. The molecule has 8 heteroatoms. The molecule has 1 aliphatic heterocycles. The van der Waals surface area contributed by atoms with Crippen molar-refractivity contribution < 1.29 is 18.8 Å². The Bertz CT molecular complexity index is 975. The number of carbonyl (C=O) groups excluding carboxylic acids is 3. The molecule has 24 heavy (non-hydrogen) atoms. The average molecular weight is 339 g/mol. The van der Waals surface area contributed by atoms with Crippen molar-refractivity contribution in [1.29, 1.82) is 0 Å². The normalized spacial score (nSPS) is 12.8. The minimum Gasteiger partial charge on any atom is -0.463 e. The average Bonchev–Trinajstić information content (AvgIpc) is 3.29. The number of nitrogens with zero attached hydrogens (tertiary/aromatic N) is 1. The number of thiazole rings is 1. The van der Waals surface area contributed by atoms with Gasteiger partial charge in [0.05, 0.1) is 17.4 Å². The molecule has 3 amide bonds. The van der Waals surface area contributed by atoms with Gasteiger partial charge in [0.25, 0.3) is 17.7 Å². The molecule has 0 unspecified atom stereocenters. The fraction of sp³-hybridized carbons (Fsp3) is 0. The van der Waals surface area contributed by atoms with E-state index in [1.165, 1.54) is 29.5 Å². The Labute approximate surface area is 139 Å². The van der Waals surface area contributed by atoms with Gasteiger partial charge in [0.1, 0.15) is 5.69 Å². The summed E-state index contributed by atoms with van der Waals surface area (Å²) in [5.74, 6) is -0.756. The van der Waals surface area contributed by atoms with Crippen molar-refractivity contribution in [2.75, 3.05) is 5.32 Å². The van der Waals surface area contributed by atoms with Crippen LogP contribution in [0.15, 0.2) is 46.4 Å². The molecule has 0 saturated carbocycles. The van der Waals surface area contributed by atoms with Crippen LogP contribution < -0.4 is 10.6 Å². The SMILES string of the molecule is O=C(Nc1nc(-c2ccco2)cs1)c1ccc2c(c1)C(=O)NC2=O. The van der Waals surface area contributed by atoms with Gasteiger partial charge in [-0.25, -0.2) is 4.98 Å². The monoisotopic (exact) mass is 339 g/mol. The summed E-state index contributed by atoms with van der Waals surface area (Å²) in [5.41, 5.74) is 1.36. The maximum Gasteiger partial charge on any atom is 0.258 e. The Kier molecular flexibility index (Phi) is 3.24. The highest BCUT2D eigenvalue weighted by atomic mass is 32.1. The Hall–Kier alpha value is -3.26. The number of fused-ring (bicyclic) bond motifs is 1. The van der Waals surface area contributed by atoms with E-state index in [-0.39, 0.29) is 16.7 Å². The standard InChI is InChI=1S/C16H9N3O4S/c20-13(8-3-4-9-10(6-8)15(22)18-14(9)21)19-16-17-11(7-24-16)12-2-1-5-23-12/h1-7H,(H,17,19,20)(H,18,21,22). The van der Waals surface area contributed by atoms with Crippen molar-refractivity contribution in [2.45, 2.75) is 0 Å². The molecule has 1 aromatic carbocycles. The molecule has 2 N–H and O–H groups in total. The molecular formula is C16H9N3O4S. The van der Waals surface area contributed by atoms with Crippen LogP contribution in [0.2, 0.25) is 0 Å². The molecule has 3 heterocycles. The molecule has 3 aromatic rings. The number of benzene rings is 1. The first-order valence-electron chi connectivity index (χ1n) is 6.92. The first kappa shape index (κ1) is 14.3. The molecule has 118 valence electrons. The summed E-state index contributed by atoms with van der Waals surface area (Å²) < 4.78 is 5.25. The van der Waals surface area contributed by atoms with Crippen LogP contribution in [0.1, 0.15) is 31.1 Å². The van der Waals surface area contributed by atoms with E-state index in [1.54, 1.807) is 23.8 Å². The van der Waals surface area contributed by atoms with E-state index in [2.05, 4.69) is 15.6 Å². The smallest absolute Gasteiger partial charge is 0.258 e. The van der Waals surface area contributed by atoms with Crippen LogP contribution in [0.25, 0.3) is 11.5 Å². The van der Waals surface area contributed by atoms with E-state index in [0.717, 1.165) is 0 Å². The van der Waals surface area contributed by atoms with Crippen LogP contribution in [0.3, 0.4) is 0 Å². The third-order valence-corrected chi connectivity index (χ3v) is 4.25. The van der Waals surface area contributed by atoms with Crippen molar-refractivity contribution in [3.05, 3.63) is 58.7 Å². The summed E-state index contributed by atoms with van der Waals surface area (Å²) in [4.78, 5) is 39.8. The van der Waals surface area contributed by atoms with Crippen LogP contribution in [0.4, 0.5) is 5.13 Å². The molecule has 2 aromatic heterocycles. The second kappa shape index (κ2) is 5.43. The Balaban J connectivity index is 1.56. The van der Waals surface area contributed by atoms with Gasteiger partial charge in [-0.2, -0.15) is 0 Å². The molecule has 0 radical (unpaired) electrons. The van der Waals surface area contributed by atoms with Gasteiger partial charge in [-0.3, -0.25) is 25.0 Å². The molecule has 0 atom stereocenters.